The van der Waals surface area contributed by atoms with Crippen LogP contribution in [0.2, 0.25) is 0 Å². The van der Waals surface area contributed by atoms with Gasteiger partial charge in [-0.15, -0.1) is 0 Å². The lowest BCUT2D eigenvalue weighted by Crippen LogP contribution is -2.47. The van der Waals surface area contributed by atoms with Crippen LogP contribution in [0.15, 0.2) is 30.3 Å². The molecule has 2 rings (SSSR count). The third kappa shape index (κ3) is 3.92. The molecule has 1 aliphatic rings. The summed E-state index contributed by atoms with van der Waals surface area (Å²) in [5.41, 5.74) is -0.000814. The van der Waals surface area contributed by atoms with Gasteiger partial charge in [0.05, 0.1) is 7.11 Å². The van der Waals surface area contributed by atoms with Crippen LogP contribution in [0.1, 0.15) is 51.0 Å². The molecular weight excluding hydrogens is 304 g/mol. The maximum atomic E-state index is 12.6. The molecule has 4 nitrogen and oxygen atoms in total. The summed E-state index contributed by atoms with van der Waals surface area (Å²) < 4.78 is 5.00. The van der Waals surface area contributed by atoms with Crippen LogP contribution in [0.25, 0.3) is 0 Å². The predicted molar refractivity (Wildman–Crippen MR) is 91.5 cm³/mol. The van der Waals surface area contributed by atoms with Crippen LogP contribution < -0.4 is 0 Å². The summed E-state index contributed by atoms with van der Waals surface area (Å²) in [5.74, 6) is -0.756. The van der Waals surface area contributed by atoms with Crippen molar-refractivity contribution < 1.29 is 19.1 Å². The number of esters is 1. The van der Waals surface area contributed by atoms with E-state index in [-0.39, 0.29) is 17.5 Å². The van der Waals surface area contributed by atoms with Crippen LogP contribution in [-0.4, -0.2) is 24.6 Å². The molecule has 1 aromatic carbocycles. The zero-order chi connectivity index (χ0) is 17.6. The molecule has 1 fully saturated rings. The first-order chi connectivity index (χ1) is 11.5. The molecule has 4 heteroatoms. The van der Waals surface area contributed by atoms with Gasteiger partial charge in [-0.3, -0.25) is 14.4 Å². The van der Waals surface area contributed by atoms with Crippen LogP contribution in [0, 0.1) is 11.3 Å². The fourth-order valence-corrected chi connectivity index (χ4v) is 3.92. The maximum Gasteiger partial charge on any atom is 0.319 e. The lowest BCUT2D eigenvalue weighted by Gasteiger charge is -2.38. The number of aryl methyl sites for hydroxylation is 1. The summed E-state index contributed by atoms with van der Waals surface area (Å²) in [7, 11) is 1.32. The normalized spacial score (nSPS) is 20.2. The third-order valence-corrected chi connectivity index (χ3v) is 5.24. The number of benzene rings is 1. The van der Waals surface area contributed by atoms with E-state index in [9.17, 15) is 14.4 Å². The number of carbonyl (C=O) groups is 3. The Labute approximate surface area is 143 Å². The molecule has 0 heterocycles. The Morgan fingerprint density at radius 2 is 1.96 bits per heavy atom. The molecule has 0 spiro atoms. The quantitative estimate of drug-likeness (QED) is 0.567. The molecular formula is C20H26O4. The van der Waals surface area contributed by atoms with E-state index in [2.05, 4.69) is 0 Å². The summed E-state index contributed by atoms with van der Waals surface area (Å²) in [4.78, 5) is 37.0. The Morgan fingerprint density at radius 3 is 2.54 bits per heavy atom. The fraction of sp³-hybridized carbons (Fsp3) is 0.550. The molecule has 0 unspecified atom stereocenters. The van der Waals surface area contributed by atoms with E-state index in [4.69, 9.17) is 4.74 Å². The first kappa shape index (κ1) is 18.4. The van der Waals surface area contributed by atoms with Gasteiger partial charge in [-0.25, -0.2) is 0 Å². The largest absolute Gasteiger partial charge is 0.468 e. The van der Waals surface area contributed by atoms with Gasteiger partial charge < -0.3 is 4.74 Å². The highest BCUT2D eigenvalue weighted by Gasteiger charge is 2.51. The highest BCUT2D eigenvalue weighted by atomic mass is 16.5. The average molecular weight is 330 g/mol. The fourth-order valence-electron chi connectivity index (χ4n) is 3.92. The molecule has 130 valence electrons. The summed E-state index contributed by atoms with van der Waals surface area (Å²) in [6.07, 6.45) is 4.27. The van der Waals surface area contributed by atoms with E-state index in [1.165, 1.54) is 19.6 Å². The lowest BCUT2D eigenvalue weighted by atomic mass is 9.64. The van der Waals surface area contributed by atoms with Gasteiger partial charge in [-0.05, 0) is 50.5 Å². The van der Waals surface area contributed by atoms with Crippen molar-refractivity contribution in [2.24, 2.45) is 11.3 Å². The van der Waals surface area contributed by atoms with Crippen molar-refractivity contribution in [3.05, 3.63) is 35.9 Å². The smallest absolute Gasteiger partial charge is 0.319 e. The Bertz CT molecular complexity index is 593. The first-order valence-electron chi connectivity index (χ1n) is 8.65. The molecule has 0 aliphatic heterocycles. The van der Waals surface area contributed by atoms with Gasteiger partial charge in [0.1, 0.15) is 17.0 Å². The second-order valence-corrected chi connectivity index (χ2v) is 6.69. The molecule has 0 saturated heterocycles. The summed E-state index contributed by atoms with van der Waals surface area (Å²) in [6, 6.07) is 10.0. The molecule has 0 N–H and O–H groups in total. The third-order valence-electron chi connectivity index (χ3n) is 5.24. The standard InChI is InChI=1S/C20H26O4/c1-15(21)20(19(23)24-2,17-11-6-12-18(22)14-17)13-7-10-16-8-4-3-5-9-16/h3-5,8-9,17H,6-7,10-14H2,1-2H3/t17-,20+/m1/s1. The van der Waals surface area contributed by atoms with Gasteiger partial charge in [-0.1, -0.05) is 30.3 Å². The van der Waals surface area contributed by atoms with Crippen molar-refractivity contribution >= 4 is 17.5 Å². The van der Waals surface area contributed by atoms with E-state index in [0.29, 0.717) is 25.7 Å². The molecule has 0 aromatic heterocycles. The minimum absolute atomic E-state index is 0.142. The number of Topliss-reactive ketones (excluding diaryl/α,β-unsaturated/α-hetero) is 2. The van der Waals surface area contributed by atoms with Crippen molar-refractivity contribution in [3.63, 3.8) is 0 Å². The lowest BCUT2D eigenvalue weighted by molar-refractivity contribution is -0.163. The molecule has 1 saturated carbocycles. The Morgan fingerprint density at radius 1 is 1.25 bits per heavy atom. The average Bonchev–Trinajstić information content (AvgIpc) is 2.59. The Kier molecular flexibility index (Phi) is 6.29. The highest BCUT2D eigenvalue weighted by Crippen LogP contribution is 2.43. The molecule has 2 atom stereocenters. The minimum atomic E-state index is -1.18. The van der Waals surface area contributed by atoms with Gasteiger partial charge in [-0.2, -0.15) is 0 Å². The zero-order valence-corrected chi connectivity index (χ0v) is 14.5. The maximum absolute atomic E-state index is 12.6. The number of methoxy groups -OCH3 is 1. The van der Waals surface area contributed by atoms with Crippen LogP contribution in [0.3, 0.4) is 0 Å². The van der Waals surface area contributed by atoms with Crippen molar-refractivity contribution in [1.29, 1.82) is 0 Å². The van der Waals surface area contributed by atoms with Gasteiger partial charge in [0.25, 0.3) is 0 Å². The number of rotatable bonds is 7. The van der Waals surface area contributed by atoms with Crippen LogP contribution in [-0.2, 0) is 25.5 Å². The predicted octanol–water partition coefficient (Wildman–Crippen LogP) is 3.52. The van der Waals surface area contributed by atoms with E-state index in [1.54, 1.807) is 0 Å². The molecule has 1 aliphatic carbocycles. The second-order valence-electron chi connectivity index (χ2n) is 6.69. The second kappa shape index (κ2) is 8.22. The summed E-state index contributed by atoms with van der Waals surface area (Å²) >= 11 is 0. The first-order valence-corrected chi connectivity index (χ1v) is 8.65. The van der Waals surface area contributed by atoms with Crippen molar-refractivity contribution in [2.45, 2.75) is 51.9 Å². The molecule has 1 aromatic rings. The van der Waals surface area contributed by atoms with Gasteiger partial charge in [0.15, 0.2) is 0 Å². The molecule has 0 radical (unpaired) electrons. The number of carbonyl (C=O) groups excluding carboxylic acids is 3. The minimum Gasteiger partial charge on any atom is -0.468 e. The van der Waals surface area contributed by atoms with Crippen molar-refractivity contribution in [1.82, 2.24) is 0 Å². The van der Waals surface area contributed by atoms with Crippen LogP contribution in [0.4, 0.5) is 0 Å². The Hall–Kier alpha value is -1.97. The van der Waals surface area contributed by atoms with Crippen LogP contribution >= 0.6 is 0 Å². The molecule has 0 amide bonds. The topological polar surface area (TPSA) is 60.4 Å². The number of hydrogen-bond acceptors (Lipinski definition) is 4. The summed E-state index contributed by atoms with van der Waals surface area (Å²) in [6.45, 7) is 1.46. The molecule has 24 heavy (non-hydrogen) atoms. The highest BCUT2D eigenvalue weighted by molar-refractivity contribution is 6.03. The van der Waals surface area contributed by atoms with Gasteiger partial charge >= 0.3 is 5.97 Å². The summed E-state index contributed by atoms with van der Waals surface area (Å²) in [5, 5.41) is 0. The number of ether oxygens (including phenoxy) is 1. The molecule has 0 bridgehead atoms. The van der Waals surface area contributed by atoms with Crippen molar-refractivity contribution in [2.75, 3.05) is 7.11 Å². The van der Waals surface area contributed by atoms with Gasteiger partial charge in [0.2, 0.25) is 0 Å². The number of ketones is 2. The van der Waals surface area contributed by atoms with Crippen LogP contribution in [0.5, 0.6) is 0 Å². The SMILES string of the molecule is COC(=O)[C@@](CCCc1ccccc1)(C(C)=O)[C@@H]1CCCC(=O)C1. The van der Waals surface area contributed by atoms with Gasteiger partial charge in [0, 0.05) is 12.8 Å². The Balaban J connectivity index is 2.19. The monoisotopic (exact) mass is 330 g/mol. The van der Waals surface area contributed by atoms with E-state index in [1.807, 2.05) is 30.3 Å². The van der Waals surface area contributed by atoms with Crippen molar-refractivity contribution in [3.8, 4) is 0 Å². The van der Waals surface area contributed by atoms with E-state index >= 15 is 0 Å². The number of hydrogen-bond donors (Lipinski definition) is 0. The zero-order valence-electron chi connectivity index (χ0n) is 14.5. The van der Waals surface area contributed by atoms with E-state index in [0.717, 1.165) is 19.3 Å². The van der Waals surface area contributed by atoms with E-state index < -0.39 is 11.4 Å².